The van der Waals surface area contributed by atoms with E-state index in [4.69, 9.17) is 0 Å². The average molecular weight is 595 g/mol. The van der Waals surface area contributed by atoms with E-state index in [-0.39, 0.29) is 48.1 Å². The number of allylic oxidation sites excluding steroid dienone is 6. The Hall–Kier alpha value is -2.95. The molecule has 0 heterocycles. The Bertz CT molecular complexity index is 1160. The second-order valence-corrected chi connectivity index (χ2v) is 13.6. The second-order valence-electron chi connectivity index (χ2n) is 13.6. The lowest BCUT2D eigenvalue weighted by Gasteiger charge is -2.39. The zero-order chi connectivity index (χ0) is 31.9. The lowest BCUT2D eigenvalue weighted by molar-refractivity contribution is -0.135. The van der Waals surface area contributed by atoms with Gasteiger partial charge in [-0.1, -0.05) is 75.8 Å². The number of halogens is 1. The summed E-state index contributed by atoms with van der Waals surface area (Å²) in [6.45, 7) is 10.0. The van der Waals surface area contributed by atoms with Crippen LogP contribution in [0.5, 0.6) is 0 Å². The number of Topliss-reactive ketones (excluding diaryl/α,β-unsaturated/α-hetero) is 4. The second kappa shape index (κ2) is 18.0. The highest BCUT2D eigenvalue weighted by Gasteiger charge is 2.42. The van der Waals surface area contributed by atoms with Crippen LogP contribution in [0, 0.1) is 22.6 Å². The highest BCUT2D eigenvalue weighted by atomic mass is 19.1. The van der Waals surface area contributed by atoms with Crippen LogP contribution in [0.2, 0.25) is 0 Å². The zero-order valence-corrected chi connectivity index (χ0v) is 27.2. The number of carbonyl (C=O) groups excluding carboxylic acids is 4. The van der Waals surface area contributed by atoms with Crippen molar-refractivity contribution in [2.75, 3.05) is 0 Å². The van der Waals surface area contributed by atoms with Gasteiger partial charge in [0.1, 0.15) is 29.0 Å². The number of benzene rings is 1. The van der Waals surface area contributed by atoms with Gasteiger partial charge in [0.2, 0.25) is 0 Å². The Morgan fingerprint density at radius 3 is 2.19 bits per heavy atom. The molecule has 0 atom stereocenters. The number of hydrogen-bond acceptors (Lipinski definition) is 4. The number of rotatable bonds is 14. The molecule has 1 saturated carbocycles. The molecule has 5 heteroatoms. The van der Waals surface area contributed by atoms with Crippen molar-refractivity contribution in [3.05, 3.63) is 71.6 Å². The van der Waals surface area contributed by atoms with Gasteiger partial charge in [0.25, 0.3) is 0 Å². The van der Waals surface area contributed by atoms with E-state index in [1.165, 1.54) is 24.1 Å². The molecule has 43 heavy (non-hydrogen) atoms. The van der Waals surface area contributed by atoms with Crippen LogP contribution in [0.25, 0.3) is 0 Å². The molecule has 0 unspecified atom stereocenters. The van der Waals surface area contributed by atoms with Gasteiger partial charge in [-0.25, -0.2) is 4.39 Å². The lowest BCUT2D eigenvalue weighted by atomic mass is 9.64. The van der Waals surface area contributed by atoms with Crippen molar-refractivity contribution in [2.45, 2.75) is 125 Å². The van der Waals surface area contributed by atoms with Gasteiger partial charge in [-0.15, -0.1) is 0 Å². The first-order valence-electron chi connectivity index (χ1n) is 16.2. The summed E-state index contributed by atoms with van der Waals surface area (Å²) in [6.07, 6.45) is 19.1. The smallest absolute Gasteiger partial charge is 0.139 e. The molecule has 0 spiro atoms. The van der Waals surface area contributed by atoms with Gasteiger partial charge in [-0.2, -0.15) is 0 Å². The van der Waals surface area contributed by atoms with Crippen molar-refractivity contribution in [3.8, 4) is 0 Å². The van der Waals surface area contributed by atoms with Gasteiger partial charge in [-0.3, -0.25) is 14.4 Å². The lowest BCUT2D eigenvalue weighted by Crippen LogP contribution is -2.38. The van der Waals surface area contributed by atoms with Crippen LogP contribution in [-0.2, 0) is 25.6 Å². The van der Waals surface area contributed by atoms with Crippen molar-refractivity contribution >= 4 is 23.1 Å². The highest BCUT2D eigenvalue weighted by Crippen LogP contribution is 2.45. The van der Waals surface area contributed by atoms with E-state index in [1.807, 2.05) is 0 Å². The molecule has 0 N–H and O–H groups in total. The van der Waals surface area contributed by atoms with Gasteiger partial charge in [0, 0.05) is 44.9 Å². The SMILES string of the molecule is CC(=O)CCC1(C(=O)CCc2ccc(F)cc2)CCC(C(=O)CCC(=O)CCC(C)(C)C)CC1.CCC1=CC=CC=CC1.[HH]. The summed E-state index contributed by atoms with van der Waals surface area (Å²) in [5, 5.41) is 0. The quantitative estimate of drug-likeness (QED) is 0.215. The normalized spacial score (nSPS) is 20.0. The summed E-state index contributed by atoms with van der Waals surface area (Å²) >= 11 is 0. The van der Waals surface area contributed by atoms with E-state index in [0.29, 0.717) is 64.2 Å². The van der Waals surface area contributed by atoms with Crippen molar-refractivity contribution in [1.82, 2.24) is 0 Å². The minimum atomic E-state index is -0.564. The van der Waals surface area contributed by atoms with Crippen LogP contribution in [0.4, 0.5) is 4.39 Å². The fraction of sp³-hybridized carbons (Fsp3) is 0.579. The maximum Gasteiger partial charge on any atom is 0.139 e. The van der Waals surface area contributed by atoms with Gasteiger partial charge >= 0.3 is 0 Å². The van der Waals surface area contributed by atoms with Crippen molar-refractivity contribution < 1.29 is 25.0 Å². The summed E-state index contributed by atoms with van der Waals surface area (Å²) in [5.74, 6) is 0.0746. The third kappa shape index (κ3) is 13.9. The molecular formula is C38H55FO4. The van der Waals surface area contributed by atoms with E-state index in [2.05, 4.69) is 58.1 Å². The largest absolute Gasteiger partial charge is 0.300 e. The molecule has 2 aliphatic rings. The summed E-state index contributed by atoms with van der Waals surface area (Å²) in [5.41, 5.74) is 1.97. The summed E-state index contributed by atoms with van der Waals surface area (Å²) in [7, 11) is 0. The maximum absolute atomic E-state index is 13.3. The standard InChI is InChI=1S/C29H41FO4.C9H12.H2/c1-21(31)13-18-29(27(34)12-7-22-5-8-24(30)9-6-22)19-14-23(15-20-29)26(33)11-10-25(32)16-17-28(2,3)4;1-2-9-7-5-3-4-6-8-9;/h5-6,8-9,23H,7,10-20H2,1-4H3;3-7H,2,8H2,1H3;1H. The van der Waals surface area contributed by atoms with Crippen LogP contribution in [0.15, 0.2) is 60.2 Å². The van der Waals surface area contributed by atoms with Gasteiger partial charge < -0.3 is 4.79 Å². The molecule has 4 nitrogen and oxygen atoms in total. The molecule has 2 aliphatic carbocycles. The van der Waals surface area contributed by atoms with Crippen molar-refractivity contribution in [3.63, 3.8) is 0 Å². The third-order valence-electron chi connectivity index (χ3n) is 8.83. The van der Waals surface area contributed by atoms with E-state index >= 15 is 0 Å². The predicted molar refractivity (Wildman–Crippen MR) is 175 cm³/mol. The van der Waals surface area contributed by atoms with Gasteiger partial charge in [0.05, 0.1) is 0 Å². The first-order chi connectivity index (χ1) is 20.3. The predicted octanol–water partition coefficient (Wildman–Crippen LogP) is 9.70. The third-order valence-corrected chi connectivity index (χ3v) is 8.83. The minimum absolute atomic E-state index is 0. The minimum Gasteiger partial charge on any atom is -0.300 e. The number of aryl methyl sites for hydroxylation is 1. The summed E-state index contributed by atoms with van der Waals surface area (Å²) in [6, 6.07) is 6.19. The first kappa shape index (κ1) is 36.2. The van der Waals surface area contributed by atoms with Gasteiger partial charge in [0.15, 0.2) is 0 Å². The Balaban J connectivity index is 0.000000827. The Kier molecular flexibility index (Phi) is 15.2. The number of ketones is 4. The topological polar surface area (TPSA) is 68.3 Å². The van der Waals surface area contributed by atoms with E-state index in [9.17, 15) is 23.6 Å². The average Bonchev–Trinajstić information content (AvgIpc) is 3.27. The molecule has 1 aromatic carbocycles. The molecule has 0 amide bonds. The van der Waals surface area contributed by atoms with Crippen LogP contribution in [-0.4, -0.2) is 23.1 Å². The fourth-order valence-corrected chi connectivity index (χ4v) is 5.74. The fourth-order valence-electron chi connectivity index (χ4n) is 5.74. The van der Waals surface area contributed by atoms with E-state index in [0.717, 1.165) is 18.4 Å². The molecule has 1 fully saturated rings. The molecule has 1 aromatic rings. The zero-order valence-electron chi connectivity index (χ0n) is 27.2. The molecule has 238 valence electrons. The van der Waals surface area contributed by atoms with Crippen LogP contribution in [0.1, 0.15) is 125 Å². The summed E-state index contributed by atoms with van der Waals surface area (Å²) < 4.78 is 13.2. The van der Waals surface area contributed by atoms with Crippen molar-refractivity contribution in [2.24, 2.45) is 16.7 Å². The molecule has 0 saturated heterocycles. The van der Waals surface area contributed by atoms with Crippen molar-refractivity contribution in [1.29, 1.82) is 0 Å². The first-order valence-corrected chi connectivity index (χ1v) is 16.2. The Labute approximate surface area is 260 Å². The molecule has 0 bridgehead atoms. The molecule has 3 rings (SSSR count). The van der Waals surface area contributed by atoms with Crippen LogP contribution < -0.4 is 0 Å². The maximum atomic E-state index is 13.3. The number of carbonyl (C=O) groups is 4. The van der Waals surface area contributed by atoms with Crippen LogP contribution >= 0.6 is 0 Å². The molecule has 0 aromatic heterocycles. The highest BCUT2D eigenvalue weighted by molar-refractivity contribution is 5.89. The summed E-state index contributed by atoms with van der Waals surface area (Å²) in [4.78, 5) is 49.9. The Morgan fingerprint density at radius 1 is 0.907 bits per heavy atom. The van der Waals surface area contributed by atoms with E-state index < -0.39 is 5.41 Å². The van der Waals surface area contributed by atoms with E-state index in [1.54, 1.807) is 19.1 Å². The van der Waals surface area contributed by atoms with Crippen LogP contribution in [0.3, 0.4) is 0 Å². The number of hydrogen-bond donors (Lipinski definition) is 0. The Morgan fingerprint density at radius 2 is 1.58 bits per heavy atom. The monoisotopic (exact) mass is 594 g/mol. The molecule has 0 aliphatic heterocycles. The molecular weight excluding hydrogens is 539 g/mol. The van der Waals surface area contributed by atoms with Gasteiger partial charge in [-0.05, 0) is 87.8 Å². The molecule has 0 radical (unpaired) electrons.